The zero-order valence-corrected chi connectivity index (χ0v) is 17.1. The van der Waals surface area contributed by atoms with Gasteiger partial charge in [-0.3, -0.25) is 9.79 Å². The van der Waals surface area contributed by atoms with Crippen LogP contribution in [0.15, 0.2) is 65.0 Å². The summed E-state index contributed by atoms with van der Waals surface area (Å²) >= 11 is 7.71. The third-order valence-corrected chi connectivity index (χ3v) is 6.65. The third kappa shape index (κ3) is 3.18. The van der Waals surface area contributed by atoms with Gasteiger partial charge in [-0.25, -0.2) is 0 Å². The summed E-state index contributed by atoms with van der Waals surface area (Å²) in [6.07, 6.45) is 1.67. The van der Waals surface area contributed by atoms with Gasteiger partial charge in [-0.1, -0.05) is 23.7 Å². The van der Waals surface area contributed by atoms with Gasteiger partial charge in [0.1, 0.15) is 17.2 Å². The molecule has 29 heavy (non-hydrogen) atoms. The summed E-state index contributed by atoms with van der Waals surface area (Å²) in [5.74, 6) is 0.709. The molecule has 1 fully saturated rings. The number of amides is 1. The molecular formula is C22H19ClN4OS. The van der Waals surface area contributed by atoms with E-state index in [9.17, 15) is 4.79 Å². The van der Waals surface area contributed by atoms with E-state index >= 15 is 0 Å². The lowest BCUT2D eigenvalue weighted by Gasteiger charge is -2.25. The van der Waals surface area contributed by atoms with Crippen molar-refractivity contribution < 1.29 is 4.79 Å². The molecule has 1 aliphatic heterocycles. The molecule has 1 aliphatic carbocycles. The van der Waals surface area contributed by atoms with Gasteiger partial charge < -0.3 is 16.0 Å². The van der Waals surface area contributed by atoms with Crippen molar-refractivity contribution in [2.45, 2.75) is 18.3 Å². The second-order valence-corrected chi connectivity index (χ2v) is 8.68. The summed E-state index contributed by atoms with van der Waals surface area (Å²) in [7, 11) is 0. The van der Waals surface area contributed by atoms with E-state index in [4.69, 9.17) is 17.3 Å². The Kier molecular flexibility index (Phi) is 4.33. The van der Waals surface area contributed by atoms with Crippen LogP contribution in [0.5, 0.6) is 0 Å². The molecule has 0 spiro atoms. The van der Waals surface area contributed by atoms with Crippen molar-refractivity contribution in [1.29, 1.82) is 0 Å². The Morgan fingerprint density at radius 3 is 2.69 bits per heavy atom. The topological polar surface area (TPSA) is 70.7 Å². The van der Waals surface area contributed by atoms with Gasteiger partial charge in [0, 0.05) is 16.4 Å². The standard InChI is InChI=1S/C22H19ClN4OS/c23-15-3-1-2-14(12-15)22(9-10-22)21(28)26-16-4-6-17(7-5-16)27-13-25-20-18(19(27)24)8-11-29-20/h1-8,11-12H,9-10,13,24H2,(H,26,28). The molecule has 5 nitrogen and oxygen atoms in total. The first-order chi connectivity index (χ1) is 14.1. The van der Waals surface area contributed by atoms with Crippen molar-refractivity contribution in [1.82, 2.24) is 0 Å². The number of fused-ring (bicyclic) bond motifs is 1. The first-order valence-electron chi connectivity index (χ1n) is 9.40. The quantitative estimate of drug-likeness (QED) is 0.678. The number of benzene rings is 2. The van der Waals surface area contributed by atoms with Crippen LogP contribution in [0.1, 0.15) is 18.4 Å². The summed E-state index contributed by atoms with van der Waals surface area (Å²) in [6, 6.07) is 17.3. The van der Waals surface area contributed by atoms with E-state index in [-0.39, 0.29) is 5.91 Å². The Morgan fingerprint density at radius 2 is 1.97 bits per heavy atom. The Bertz CT molecular complexity index is 1210. The molecule has 1 aromatic heterocycles. The number of rotatable bonds is 4. The number of nitrogens with zero attached hydrogens (tertiary/aromatic N) is 2. The predicted molar refractivity (Wildman–Crippen MR) is 117 cm³/mol. The lowest BCUT2D eigenvalue weighted by molar-refractivity contribution is -0.118. The van der Waals surface area contributed by atoms with Gasteiger partial charge >= 0.3 is 0 Å². The molecular weight excluding hydrogens is 404 g/mol. The molecule has 3 N–H and O–H groups in total. The molecule has 0 bridgehead atoms. The number of halogens is 1. The molecule has 1 saturated carbocycles. The third-order valence-electron chi connectivity index (χ3n) is 5.57. The van der Waals surface area contributed by atoms with Crippen molar-refractivity contribution in [3.8, 4) is 0 Å². The summed E-state index contributed by atoms with van der Waals surface area (Å²) in [4.78, 5) is 19.5. The SMILES string of the molecule is NC1=c2ccsc2=NCN1c1ccc(NC(=O)C2(c3cccc(Cl)c3)CC2)cc1. The maximum absolute atomic E-state index is 13.0. The van der Waals surface area contributed by atoms with Gasteiger partial charge in [-0.05, 0) is 66.2 Å². The Hall–Kier alpha value is -2.83. The molecule has 0 unspecified atom stereocenters. The zero-order chi connectivity index (χ0) is 20.0. The van der Waals surface area contributed by atoms with Gasteiger partial charge in [-0.2, -0.15) is 0 Å². The monoisotopic (exact) mass is 422 g/mol. The highest BCUT2D eigenvalue weighted by Crippen LogP contribution is 2.49. The number of carbonyl (C=O) groups is 1. The molecule has 7 heteroatoms. The fourth-order valence-electron chi connectivity index (χ4n) is 3.73. The van der Waals surface area contributed by atoms with Crippen LogP contribution in [0, 0.1) is 0 Å². The Balaban J connectivity index is 1.34. The highest BCUT2D eigenvalue weighted by molar-refractivity contribution is 7.07. The molecule has 2 aliphatic rings. The lowest BCUT2D eigenvalue weighted by atomic mass is 9.95. The minimum absolute atomic E-state index is 0.00878. The average Bonchev–Trinajstić information content (AvgIpc) is 3.40. The number of hydrogen-bond donors (Lipinski definition) is 2. The van der Waals surface area contributed by atoms with Crippen molar-refractivity contribution in [2.75, 3.05) is 16.9 Å². The van der Waals surface area contributed by atoms with Crippen LogP contribution in [0.2, 0.25) is 5.02 Å². The second-order valence-electron chi connectivity index (χ2n) is 7.35. The maximum Gasteiger partial charge on any atom is 0.235 e. The maximum atomic E-state index is 13.0. The number of hydrogen-bond acceptors (Lipinski definition) is 5. The number of carbonyl (C=O) groups excluding carboxylic acids is 1. The van der Waals surface area contributed by atoms with E-state index in [1.54, 1.807) is 11.3 Å². The molecule has 3 aromatic rings. The fourth-order valence-corrected chi connectivity index (χ4v) is 4.68. The van der Waals surface area contributed by atoms with Crippen LogP contribution in [-0.2, 0) is 10.2 Å². The minimum atomic E-state index is -0.469. The average molecular weight is 423 g/mol. The highest BCUT2D eigenvalue weighted by atomic mass is 35.5. The van der Waals surface area contributed by atoms with Crippen LogP contribution >= 0.6 is 22.9 Å². The molecule has 146 valence electrons. The van der Waals surface area contributed by atoms with Crippen molar-refractivity contribution in [3.05, 3.63) is 80.5 Å². The predicted octanol–water partition coefficient (Wildman–Crippen LogP) is 3.19. The Labute approximate surface area is 177 Å². The Morgan fingerprint density at radius 1 is 1.17 bits per heavy atom. The molecule has 0 saturated heterocycles. The fraction of sp³-hybridized carbons (Fsp3) is 0.182. The first-order valence-corrected chi connectivity index (χ1v) is 10.7. The number of anilines is 2. The number of nitrogens with two attached hydrogens (primary N) is 1. The van der Waals surface area contributed by atoms with Crippen molar-refractivity contribution in [3.63, 3.8) is 0 Å². The van der Waals surface area contributed by atoms with Gasteiger partial charge in [0.05, 0.1) is 10.6 Å². The summed E-state index contributed by atoms with van der Waals surface area (Å²) in [6.45, 7) is 0.489. The van der Waals surface area contributed by atoms with Gasteiger partial charge in [-0.15, -0.1) is 11.3 Å². The highest BCUT2D eigenvalue weighted by Gasteiger charge is 2.51. The largest absolute Gasteiger partial charge is 0.384 e. The zero-order valence-electron chi connectivity index (χ0n) is 15.6. The molecule has 5 rings (SSSR count). The van der Waals surface area contributed by atoms with Crippen LogP contribution in [0.3, 0.4) is 0 Å². The summed E-state index contributed by atoms with van der Waals surface area (Å²) in [5, 5.41) is 6.67. The molecule has 2 heterocycles. The van der Waals surface area contributed by atoms with Crippen LogP contribution in [0.4, 0.5) is 11.4 Å². The summed E-state index contributed by atoms with van der Waals surface area (Å²) < 4.78 is 0.971. The minimum Gasteiger partial charge on any atom is -0.384 e. The summed E-state index contributed by atoms with van der Waals surface area (Å²) in [5.41, 5.74) is 8.54. The van der Waals surface area contributed by atoms with Crippen molar-refractivity contribution >= 4 is 46.0 Å². The second kappa shape index (κ2) is 6.90. The van der Waals surface area contributed by atoms with Crippen LogP contribution in [0.25, 0.3) is 5.82 Å². The van der Waals surface area contributed by atoms with Crippen LogP contribution < -0.4 is 25.8 Å². The van der Waals surface area contributed by atoms with Gasteiger partial charge in [0.25, 0.3) is 0 Å². The smallest absolute Gasteiger partial charge is 0.235 e. The van der Waals surface area contributed by atoms with Crippen molar-refractivity contribution in [2.24, 2.45) is 10.7 Å². The van der Waals surface area contributed by atoms with Gasteiger partial charge in [0.15, 0.2) is 0 Å². The van der Waals surface area contributed by atoms with Gasteiger partial charge in [0.2, 0.25) is 5.91 Å². The number of nitrogens with one attached hydrogen (secondary N) is 1. The molecule has 1 amide bonds. The number of thiophene rings is 1. The molecule has 0 radical (unpaired) electrons. The normalized spacial score (nSPS) is 16.7. The first kappa shape index (κ1) is 18.2. The van der Waals surface area contributed by atoms with E-state index in [2.05, 4.69) is 10.3 Å². The van der Waals surface area contributed by atoms with E-state index in [0.717, 1.165) is 39.7 Å². The lowest BCUT2D eigenvalue weighted by Crippen LogP contribution is -2.41. The van der Waals surface area contributed by atoms with E-state index in [0.29, 0.717) is 17.5 Å². The molecule has 0 atom stereocenters. The van der Waals surface area contributed by atoms with E-state index in [1.165, 1.54) is 0 Å². The van der Waals surface area contributed by atoms with E-state index < -0.39 is 5.41 Å². The van der Waals surface area contributed by atoms with E-state index in [1.807, 2.05) is 64.9 Å². The van der Waals surface area contributed by atoms with Crippen LogP contribution in [-0.4, -0.2) is 12.6 Å². The molecule has 2 aromatic carbocycles.